The average molecular weight is 284 g/mol. The average Bonchev–Trinajstić information content (AvgIpc) is 2.27. The SMILES string of the molecule is Cc1cc(C)cc(C(C)NCCS(=O)(=O)N(C)C)c1. The van der Waals surface area contributed by atoms with Crippen LogP contribution < -0.4 is 5.32 Å². The Balaban J connectivity index is 2.59. The highest BCUT2D eigenvalue weighted by Gasteiger charge is 2.14. The molecular formula is C14H24N2O2S. The van der Waals surface area contributed by atoms with E-state index in [0.717, 1.165) is 0 Å². The van der Waals surface area contributed by atoms with Gasteiger partial charge in [-0.2, -0.15) is 0 Å². The molecule has 0 fully saturated rings. The molecule has 108 valence electrons. The van der Waals surface area contributed by atoms with E-state index in [1.54, 1.807) is 14.1 Å². The molecule has 1 unspecified atom stereocenters. The van der Waals surface area contributed by atoms with E-state index in [-0.39, 0.29) is 11.8 Å². The van der Waals surface area contributed by atoms with Crippen LogP contribution in [0.15, 0.2) is 18.2 Å². The molecule has 0 aliphatic rings. The molecule has 19 heavy (non-hydrogen) atoms. The zero-order valence-corrected chi connectivity index (χ0v) is 13.2. The highest BCUT2D eigenvalue weighted by Crippen LogP contribution is 2.16. The van der Waals surface area contributed by atoms with Crippen molar-refractivity contribution in [3.05, 3.63) is 34.9 Å². The molecule has 0 heterocycles. The Morgan fingerprint density at radius 3 is 2.16 bits per heavy atom. The van der Waals surface area contributed by atoms with Crippen LogP contribution in [0.5, 0.6) is 0 Å². The zero-order valence-electron chi connectivity index (χ0n) is 12.4. The number of nitrogens with one attached hydrogen (secondary N) is 1. The van der Waals surface area contributed by atoms with Crippen LogP contribution in [-0.2, 0) is 10.0 Å². The van der Waals surface area contributed by atoms with Crippen molar-refractivity contribution in [2.45, 2.75) is 26.8 Å². The van der Waals surface area contributed by atoms with Crippen LogP contribution >= 0.6 is 0 Å². The number of hydrogen-bond acceptors (Lipinski definition) is 3. The molecule has 1 aromatic rings. The maximum Gasteiger partial charge on any atom is 0.214 e. The molecule has 0 amide bonds. The summed E-state index contributed by atoms with van der Waals surface area (Å²) in [4.78, 5) is 0. The molecule has 0 bridgehead atoms. The standard InChI is InChI=1S/C14H24N2O2S/c1-11-8-12(2)10-14(9-11)13(3)15-6-7-19(17,18)16(4)5/h8-10,13,15H,6-7H2,1-5H3. The first-order valence-corrected chi connectivity index (χ1v) is 8.05. The van der Waals surface area contributed by atoms with Crippen molar-refractivity contribution in [3.63, 3.8) is 0 Å². The molecule has 0 aromatic heterocycles. The number of sulfonamides is 1. The molecule has 1 N–H and O–H groups in total. The third-order valence-corrected chi connectivity index (χ3v) is 4.94. The van der Waals surface area contributed by atoms with Crippen molar-refractivity contribution >= 4 is 10.0 Å². The largest absolute Gasteiger partial charge is 0.309 e. The second kappa shape index (κ2) is 6.50. The first kappa shape index (κ1) is 16.1. The molecular weight excluding hydrogens is 260 g/mol. The van der Waals surface area contributed by atoms with Crippen LogP contribution in [0.1, 0.15) is 29.7 Å². The van der Waals surface area contributed by atoms with E-state index >= 15 is 0 Å². The Hall–Kier alpha value is -0.910. The Kier molecular flexibility index (Phi) is 5.52. The minimum atomic E-state index is -3.12. The smallest absolute Gasteiger partial charge is 0.214 e. The summed E-state index contributed by atoms with van der Waals surface area (Å²) < 4.78 is 24.5. The van der Waals surface area contributed by atoms with E-state index in [4.69, 9.17) is 0 Å². The molecule has 4 nitrogen and oxygen atoms in total. The summed E-state index contributed by atoms with van der Waals surface area (Å²) in [5.74, 6) is 0.120. The maximum atomic E-state index is 11.6. The van der Waals surface area contributed by atoms with Gasteiger partial charge in [-0.05, 0) is 26.3 Å². The van der Waals surface area contributed by atoms with Gasteiger partial charge in [0.25, 0.3) is 0 Å². The third kappa shape index (κ3) is 4.93. The molecule has 0 saturated carbocycles. The molecule has 0 spiro atoms. The number of aryl methyl sites for hydroxylation is 2. The maximum absolute atomic E-state index is 11.6. The van der Waals surface area contributed by atoms with Gasteiger partial charge in [-0.15, -0.1) is 0 Å². The quantitative estimate of drug-likeness (QED) is 0.867. The first-order valence-electron chi connectivity index (χ1n) is 6.44. The molecule has 1 atom stereocenters. The van der Waals surface area contributed by atoms with Gasteiger partial charge < -0.3 is 5.32 Å². The Morgan fingerprint density at radius 1 is 1.16 bits per heavy atom. The van der Waals surface area contributed by atoms with E-state index in [9.17, 15) is 8.42 Å². The number of rotatable bonds is 6. The highest BCUT2D eigenvalue weighted by atomic mass is 32.2. The number of hydrogen-bond donors (Lipinski definition) is 1. The Morgan fingerprint density at radius 2 is 1.68 bits per heavy atom. The van der Waals surface area contributed by atoms with Crippen LogP contribution in [0.3, 0.4) is 0 Å². The second-order valence-corrected chi connectivity index (χ2v) is 7.50. The molecule has 0 radical (unpaired) electrons. The van der Waals surface area contributed by atoms with Gasteiger partial charge in [0.1, 0.15) is 0 Å². The molecule has 0 aliphatic carbocycles. The van der Waals surface area contributed by atoms with E-state index in [2.05, 4.69) is 44.3 Å². The summed E-state index contributed by atoms with van der Waals surface area (Å²) in [6, 6.07) is 6.54. The van der Waals surface area contributed by atoms with E-state index in [0.29, 0.717) is 6.54 Å². The normalized spacial score (nSPS) is 13.8. The Labute approximate surface area is 116 Å². The summed E-state index contributed by atoms with van der Waals surface area (Å²) >= 11 is 0. The first-order chi connectivity index (χ1) is 8.72. The van der Waals surface area contributed by atoms with Crippen molar-refractivity contribution in [3.8, 4) is 0 Å². The Bertz CT molecular complexity index is 504. The van der Waals surface area contributed by atoms with Gasteiger partial charge in [0.05, 0.1) is 5.75 Å². The lowest BCUT2D eigenvalue weighted by molar-refractivity contribution is 0.512. The number of nitrogens with zero attached hydrogens (tertiary/aromatic N) is 1. The lowest BCUT2D eigenvalue weighted by Crippen LogP contribution is -2.32. The lowest BCUT2D eigenvalue weighted by atomic mass is 10.0. The fourth-order valence-corrected chi connectivity index (χ4v) is 2.71. The summed E-state index contributed by atoms with van der Waals surface area (Å²) in [5, 5.41) is 3.26. The zero-order chi connectivity index (χ0) is 14.6. The van der Waals surface area contributed by atoms with Crippen LogP contribution in [-0.4, -0.2) is 39.1 Å². The fraction of sp³-hybridized carbons (Fsp3) is 0.571. The highest BCUT2D eigenvalue weighted by molar-refractivity contribution is 7.89. The summed E-state index contributed by atoms with van der Waals surface area (Å²) in [5.41, 5.74) is 3.65. The predicted molar refractivity (Wildman–Crippen MR) is 79.8 cm³/mol. The van der Waals surface area contributed by atoms with Crippen molar-refractivity contribution in [2.75, 3.05) is 26.4 Å². The fourth-order valence-electron chi connectivity index (χ4n) is 1.96. The minimum absolute atomic E-state index is 0.120. The number of benzene rings is 1. The minimum Gasteiger partial charge on any atom is -0.309 e. The topological polar surface area (TPSA) is 49.4 Å². The van der Waals surface area contributed by atoms with Gasteiger partial charge in [-0.3, -0.25) is 0 Å². The molecule has 0 aliphatic heterocycles. The van der Waals surface area contributed by atoms with E-state index in [1.807, 2.05) is 0 Å². The molecule has 5 heteroatoms. The van der Waals surface area contributed by atoms with Gasteiger partial charge in [0, 0.05) is 26.7 Å². The van der Waals surface area contributed by atoms with Crippen LogP contribution in [0.4, 0.5) is 0 Å². The monoisotopic (exact) mass is 284 g/mol. The van der Waals surface area contributed by atoms with Crippen LogP contribution in [0.25, 0.3) is 0 Å². The van der Waals surface area contributed by atoms with Gasteiger partial charge >= 0.3 is 0 Å². The van der Waals surface area contributed by atoms with E-state index < -0.39 is 10.0 Å². The lowest BCUT2D eigenvalue weighted by Gasteiger charge is -2.17. The second-order valence-electron chi connectivity index (χ2n) is 5.20. The van der Waals surface area contributed by atoms with Crippen molar-refractivity contribution < 1.29 is 8.42 Å². The summed E-state index contributed by atoms with van der Waals surface area (Å²) in [6.45, 7) is 6.64. The molecule has 0 saturated heterocycles. The molecule has 1 rings (SSSR count). The van der Waals surface area contributed by atoms with Gasteiger partial charge in [-0.25, -0.2) is 12.7 Å². The summed E-state index contributed by atoms with van der Waals surface area (Å²) in [6.07, 6.45) is 0. The van der Waals surface area contributed by atoms with Crippen molar-refractivity contribution in [1.82, 2.24) is 9.62 Å². The van der Waals surface area contributed by atoms with Gasteiger partial charge in [0.2, 0.25) is 10.0 Å². The van der Waals surface area contributed by atoms with Gasteiger partial charge in [-0.1, -0.05) is 29.3 Å². The van der Waals surface area contributed by atoms with E-state index in [1.165, 1.54) is 21.0 Å². The van der Waals surface area contributed by atoms with Gasteiger partial charge in [0.15, 0.2) is 0 Å². The van der Waals surface area contributed by atoms with Crippen LogP contribution in [0, 0.1) is 13.8 Å². The summed E-state index contributed by atoms with van der Waals surface area (Å²) in [7, 11) is -0.00513. The van der Waals surface area contributed by atoms with Crippen molar-refractivity contribution in [2.24, 2.45) is 0 Å². The van der Waals surface area contributed by atoms with Crippen LogP contribution in [0.2, 0.25) is 0 Å². The molecule has 1 aromatic carbocycles. The predicted octanol–water partition coefficient (Wildman–Crippen LogP) is 1.85. The van der Waals surface area contributed by atoms with Crippen molar-refractivity contribution in [1.29, 1.82) is 0 Å². The third-order valence-electron chi connectivity index (χ3n) is 3.11.